The van der Waals surface area contributed by atoms with E-state index >= 15 is 0 Å². The molecule has 0 rings (SSSR count). The van der Waals surface area contributed by atoms with Gasteiger partial charge < -0.3 is 11.1 Å². The fraction of sp³-hybridized carbons (Fsp3) is 0.714. The van der Waals surface area contributed by atoms with E-state index < -0.39 is 9.84 Å². The Morgan fingerprint density at radius 1 is 1.50 bits per heavy atom. The number of hydrogen-bond donors (Lipinski definition) is 2. The van der Waals surface area contributed by atoms with Crippen molar-refractivity contribution in [3.8, 4) is 0 Å². The number of hydrogen-bond acceptors (Lipinski definition) is 4. The van der Waals surface area contributed by atoms with Crippen LogP contribution in [0.2, 0.25) is 0 Å². The van der Waals surface area contributed by atoms with Crippen molar-refractivity contribution >= 4 is 33.0 Å². The quantitative estimate of drug-likeness (QED) is 0.468. The van der Waals surface area contributed by atoms with Gasteiger partial charge in [-0.3, -0.25) is 4.79 Å². The minimum absolute atomic E-state index is 0.00814. The maximum absolute atomic E-state index is 10.9. The van der Waals surface area contributed by atoms with Crippen LogP contribution in [0.4, 0.5) is 0 Å². The Bertz CT molecular complexity index is 311. The largest absolute Gasteiger partial charge is 0.393 e. The van der Waals surface area contributed by atoms with Crippen LogP contribution in [0.1, 0.15) is 12.8 Å². The fourth-order valence-electron chi connectivity index (χ4n) is 0.783. The van der Waals surface area contributed by atoms with E-state index in [4.69, 9.17) is 5.73 Å². The van der Waals surface area contributed by atoms with Crippen molar-refractivity contribution in [3.63, 3.8) is 0 Å². The second-order valence-corrected chi connectivity index (χ2v) is 5.76. The van der Waals surface area contributed by atoms with E-state index in [1.54, 1.807) is 0 Å². The molecule has 0 fully saturated rings. The van der Waals surface area contributed by atoms with Gasteiger partial charge in [-0.25, -0.2) is 8.42 Å². The number of nitrogens with one attached hydrogen (secondary N) is 1. The van der Waals surface area contributed by atoms with Gasteiger partial charge in [0.2, 0.25) is 5.91 Å². The first-order valence-corrected chi connectivity index (χ1v) is 6.51. The molecule has 0 atom stereocenters. The summed E-state index contributed by atoms with van der Waals surface area (Å²) in [6.07, 6.45) is 1.57. The highest BCUT2D eigenvalue weighted by Crippen LogP contribution is 1.87. The van der Waals surface area contributed by atoms with Gasteiger partial charge in [0.05, 0.1) is 17.2 Å². The molecule has 0 aliphatic heterocycles. The van der Waals surface area contributed by atoms with Crippen LogP contribution in [0.25, 0.3) is 0 Å². The van der Waals surface area contributed by atoms with Crippen molar-refractivity contribution in [2.45, 2.75) is 12.8 Å². The van der Waals surface area contributed by atoms with Gasteiger partial charge >= 0.3 is 0 Å². The molecule has 1 amide bonds. The normalized spacial score (nSPS) is 10.9. The number of amides is 1. The molecule has 0 bridgehead atoms. The highest BCUT2D eigenvalue weighted by atomic mass is 32.2. The Kier molecular flexibility index (Phi) is 5.63. The average Bonchev–Trinajstić information content (AvgIpc) is 1.95. The molecule has 0 radical (unpaired) electrons. The predicted molar refractivity (Wildman–Crippen MR) is 58.7 cm³/mol. The smallest absolute Gasteiger partial charge is 0.226 e. The first-order chi connectivity index (χ1) is 6.31. The summed E-state index contributed by atoms with van der Waals surface area (Å²) >= 11 is 4.53. The Hall–Kier alpha value is -0.690. The predicted octanol–water partition coefficient (Wildman–Crippen LogP) is -0.786. The van der Waals surface area contributed by atoms with Gasteiger partial charge in [-0.15, -0.1) is 0 Å². The average molecular weight is 238 g/mol. The Balaban J connectivity index is 3.56. The molecule has 0 aromatic heterocycles. The highest BCUT2D eigenvalue weighted by Gasteiger charge is 2.04. The summed E-state index contributed by atoms with van der Waals surface area (Å²) in [7, 11) is -2.95. The lowest BCUT2D eigenvalue weighted by molar-refractivity contribution is -0.119. The number of sulfone groups is 1. The molecule has 0 aliphatic carbocycles. The maximum atomic E-state index is 10.9. The Labute approximate surface area is 89.0 Å². The summed E-state index contributed by atoms with van der Waals surface area (Å²) in [5, 5.41) is 2.52. The lowest BCUT2D eigenvalue weighted by atomic mass is 10.4. The van der Waals surface area contributed by atoms with E-state index in [-0.39, 0.29) is 23.1 Å². The van der Waals surface area contributed by atoms with Crippen molar-refractivity contribution in [1.29, 1.82) is 0 Å². The van der Waals surface area contributed by atoms with E-state index in [0.717, 1.165) is 6.26 Å². The molecule has 0 saturated carbocycles. The van der Waals surface area contributed by atoms with E-state index in [0.29, 0.717) is 13.0 Å². The molecule has 5 nitrogen and oxygen atoms in total. The first-order valence-electron chi connectivity index (χ1n) is 4.04. The minimum Gasteiger partial charge on any atom is -0.393 e. The third kappa shape index (κ3) is 9.40. The van der Waals surface area contributed by atoms with Gasteiger partial charge in [0, 0.05) is 12.8 Å². The number of carbonyl (C=O) groups excluding carboxylic acids is 1. The SMILES string of the molecule is CS(=O)(=O)CCCNC(=O)CC(N)=S. The van der Waals surface area contributed by atoms with Crippen LogP contribution < -0.4 is 11.1 Å². The van der Waals surface area contributed by atoms with Crippen molar-refractivity contribution in [2.24, 2.45) is 5.73 Å². The molecule has 7 heteroatoms. The molecular weight excluding hydrogens is 224 g/mol. The second kappa shape index (κ2) is 5.92. The lowest BCUT2D eigenvalue weighted by Crippen LogP contribution is -2.29. The molecule has 82 valence electrons. The maximum Gasteiger partial charge on any atom is 0.226 e. The van der Waals surface area contributed by atoms with Gasteiger partial charge in [0.15, 0.2) is 0 Å². The summed E-state index contributed by atoms with van der Waals surface area (Å²) in [6.45, 7) is 0.328. The van der Waals surface area contributed by atoms with Crippen LogP contribution in [-0.2, 0) is 14.6 Å². The standard InChI is InChI=1S/C7H14N2O3S2/c1-14(11,12)4-2-3-9-7(10)5-6(8)13/h2-5H2,1H3,(H2,8,13)(H,9,10). The third-order valence-electron chi connectivity index (χ3n) is 1.35. The zero-order chi connectivity index (χ0) is 11.2. The van der Waals surface area contributed by atoms with Gasteiger partial charge in [0.1, 0.15) is 9.84 Å². The zero-order valence-corrected chi connectivity index (χ0v) is 9.58. The number of nitrogens with two attached hydrogens (primary N) is 1. The van der Waals surface area contributed by atoms with E-state index in [1.807, 2.05) is 0 Å². The van der Waals surface area contributed by atoms with Gasteiger partial charge in [0.25, 0.3) is 0 Å². The van der Waals surface area contributed by atoms with Crippen molar-refractivity contribution in [3.05, 3.63) is 0 Å². The molecule has 0 aromatic carbocycles. The number of thiocarbonyl (C=S) groups is 1. The summed E-state index contributed by atoms with van der Waals surface area (Å²) in [5.74, 6) is -0.202. The zero-order valence-electron chi connectivity index (χ0n) is 7.95. The van der Waals surface area contributed by atoms with Gasteiger partial charge in [-0.05, 0) is 6.42 Å². The molecule has 14 heavy (non-hydrogen) atoms. The summed E-state index contributed by atoms with van der Waals surface area (Å²) < 4.78 is 21.4. The van der Waals surface area contributed by atoms with Crippen molar-refractivity contribution in [2.75, 3.05) is 18.6 Å². The van der Waals surface area contributed by atoms with Gasteiger partial charge in [-0.1, -0.05) is 12.2 Å². The molecule has 0 saturated heterocycles. The number of carbonyl (C=O) groups is 1. The summed E-state index contributed by atoms with van der Waals surface area (Å²) in [4.78, 5) is 11.1. The summed E-state index contributed by atoms with van der Waals surface area (Å²) in [6, 6.07) is 0. The first kappa shape index (κ1) is 13.3. The number of rotatable bonds is 6. The van der Waals surface area contributed by atoms with Crippen LogP contribution >= 0.6 is 12.2 Å². The Morgan fingerprint density at radius 3 is 2.50 bits per heavy atom. The van der Waals surface area contributed by atoms with E-state index in [2.05, 4.69) is 17.5 Å². The van der Waals surface area contributed by atoms with E-state index in [9.17, 15) is 13.2 Å². The van der Waals surface area contributed by atoms with E-state index in [1.165, 1.54) is 0 Å². The summed E-state index contributed by atoms with van der Waals surface area (Å²) in [5.41, 5.74) is 5.14. The van der Waals surface area contributed by atoms with Crippen LogP contribution in [-0.4, -0.2) is 37.9 Å². The van der Waals surface area contributed by atoms with Crippen molar-refractivity contribution < 1.29 is 13.2 Å². The molecule has 0 spiro atoms. The Morgan fingerprint density at radius 2 is 2.07 bits per heavy atom. The highest BCUT2D eigenvalue weighted by molar-refractivity contribution is 7.90. The molecular formula is C7H14N2O3S2. The minimum atomic E-state index is -2.95. The molecule has 3 N–H and O–H groups in total. The molecule has 0 aromatic rings. The topological polar surface area (TPSA) is 89.3 Å². The van der Waals surface area contributed by atoms with Crippen LogP contribution in [0.15, 0.2) is 0 Å². The van der Waals surface area contributed by atoms with Crippen LogP contribution in [0, 0.1) is 0 Å². The third-order valence-corrected chi connectivity index (χ3v) is 2.52. The van der Waals surface area contributed by atoms with Crippen LogP contribution in [0.3, 0.4) is 0 Å². The van der Waals surface area contributed by atoms with Gasteiger partial charge in [-0.2, -0.15) is 0 Å². The molecule has 0 aliphatic rings. The fourth-order valence-corrected chi connectivity index (χ4v) is 1.58. The van der Waals surface area contributed by atoms with Crippen LogP contribution in [0.5, 0.6) is 0 Å². The monoisotopic (exact) mass is 238 g/mol. The lowest BCUT2D eigenvalue weighted by Gasteiger charge is -2.03. The van der Waals surface area contributed by atoms with Crippen molar-refractivity contribution in [1.82, 2.24) is 5.32 Å². The molecule has 0 unspecified atom stereocenters. The second-order valence-electron chi connectivity index (χ2n) is 2.98. The molecule has 0 heterocycles.